The average molecular weight is 380 g/mol. The van der Waals surface area contributed by atoms with Crippen molar-refractivity contribution in [1.82, 2.24) is 10.6 Å². The lowest BCUT2D eigenvalue weighted by Crippen LogP contribution is -2.59. The zero-order valence-corrected chi connectivity index (χ0v) is 14.0. The van der Waals surface area contributed by atoms with Gasteiger partial charge in [-0.1, -0.05) is 22.0 Å². The first-order valence-corrected chi connectivity index (χ1v) is 8.45. The van der Waals surface area contributed by atoms with Crippen molar-refractivity contribution >= 4 is 44.9 Å². The second-order valence-electron chi connectivity index (χ2n) is 4.87. The topological polar surface area (TPSA) is 61.4 Å². The Morgan fingerprint density at radius 1 is 1.27 bits per heavy atom. The minimum absolute atomic E-state index is 0.213. The summed E-state index contributed by atoms with van der Waals surface area (Å²) in [4.78, 5) is 26.8. The minimum Gasteiger partial charge on any atom is -0.321 e. The van der Waals surface area contributed by atoms with Crippen LogP contribution in [0.15, 0.2) is 46.3 Å². The number of hydrogen-bond donors (Lipinski definition) is 2. The minimum atomic E-state index is -0.401. The van der Waals surface area contributed by atoms with Crippen molar-refractivity contribution in [2.45, 2.75) is 19.1 Å². The summed E-state index contributed by atoms with van der Waals surface area (Å²) in [7, 11) is 0. The summed E-state index contributed by atoms with van der Waals surface area (Å²) in [5.41, 5.74) is 0.572. The van der Waals surface area contributed by atoms with Crippen LogP contribution in [0.2, 0.25) is 0 Å². The van der Waals surface area contributed by atoms with E-state index in [4.69, 9.17) is 0 Å². The van der Waals surface area contributed by atoms with Crippen LogP contribution in [-0.2, 0) is 11.3 Å². The Hall–Kier alpha value is -1.70. The molecule has 3 rings (SSSR count). The molecule has 0 saturated carbocycles. The van der Waals surface area contributed by atoms with Gasteiger partial charge in [-0.2, -0.15) is 0 Å². The van der Waals surface area contributed by atoms with Crippen molar-refractivity contribution in [3.05, 3.63) is 51.1 Å². The molecule has 1 saturated heterocycles. The third-order valence-electron chi connectivity index (χ3n) is 3.32. The van der Waals surface area contributed by atoms with E-state index in [9.17, 15) is 9.59 Å². The van der Waals surface area contributed by atoms with E-state index in [0.29, 0.717) is 12.2 Å². The molecule has 114 valence electrons. The van der Waals surface area contributed by atoms with E-state index >= 15 is 0 Å². The Labute approximate surface area is 140 Å². The maximum Gasteiger partial charge on any atom is 0.329 e. The molecule has 1 aromatic carbocycles. The second-order valence-corrected chi connectivity index (χ2v) is 6.82. The van der Waals surface area contributed by atoms with Crippen LogP contribution < -0.4 is 15.5 Å². The summed E-state index contributed by atoms with van der Waals surface area (Å²) in [5, 5.41) is 8.01. The van der Waals surface area contributed by atoms with Crippen LogP contribution in [0.25, 0.3) is 0 Å². The largest absolute Gasteiger partial charge is 0.329 e. The third-order valence-corrected chi connectivity index (χ3v) is 4.72. The molecular weight excluding hydrogens is 366 g/mol. The molecule has 0 spiro atoms. The van der Waals surface area contributed by atoms with Gasteiger partial charge in [0.2, 0.25) is 5.91 Å². The van der Waals surface area contributed by atoms with E-state index in [0.717, 1.165) is 9.35 Å². The number of imide groups is 1. The molecule has 7 heteroatoms. The highest BCUT2D eigenvalue weighted by molar-refractivity contribution is 9.10. The molecule has 22 heavy (non-hydrogen) atoms. The molecule has 1 aliphatic rings. The van der Waals surface area contributed by atoms with Gasteiger partial charge in [0.1, 0.15) is 0 Å². The van der Waals surface area contributed by atoms with Crippen LogP contribution in [-0.4, -0.2) is 18.1 Å². The number of rotatable bonds is 4. The fraction of sp³-hybridized carbons (Fsp3) is 0.200. The Balaban J connectivity index is 1.65. The Bertz CT molecular complexity index is 655. The standard InChI is InChI=1S/C15H14BrN3O2S/c16-10-3-5-11(6-4-10)19-14(20)8-13(18-15(19)21)17-9-12-2-1-7-22-12/h1-7,13,17H,8-9H2,(H,18,21). The number of amides is 3. The van der Waals surface area contributed by atoms with E-state index in [1.165, 1.54) is 4.90 Å². The van der Waals surface area contributed by atoms with Gasteiger partial charge in [-0.05, 0) is 35.7 Å². The number of anilines is 1. The molecule has 2 aromatic rings. The van der Waals surface area contributed by atoms with E-state index in [-0.39, 0.29) is 18.5 Å². The number of benzene rings is 1. The van der Waals surface area contributed by atoms with Crippen LogP contribution in [0.4, 0.5) is 10.5 Å². The van der Waals surface area contributed by atoms with Gasteiger partial charge in [0, 0.05) is 15.9 Å². The number of carbonyl (C=O) groups is 2. The first-order valence-electron chi connectivity index (χ1n) is 6.78. The van der Waals surface area contributed by atoms with E-state index < -0.39 is 6.03 Å². The van der Waals surface area contributed by atoms with Gasteiger partial charge in [-0.3, -0.25) is 10.1 Å². The first kappa shape index (κ1) is 15.2. The molecule has 1 aromatic heterocycles. The molecule has 1 aliphatic heterocycles. The monoisotopic (exact) mass is 379 g/mol. The Kier molecular flexibility index (Phi) is 4.56. The van der Waals surface area contributed by atoms with Crippen molar-refractivity contribution in [2.75, 3.05) is 4.90 Å². The van der Waals surface area contributed by atoms with Crippen molar-refractivity contribution in [3.8, 4) is 0 Å². The number of nitrogens with zero attached hydrogens (tertiary/aromatic N) is 1. The molecule has 0 aliphatic carbocycles. The van der Waals surface area contributed by atoms with Gasteiger partial charge in [-0.15, -0.1) is 11.3 Å². The lowest BCUT2D eigenvalue weighted by Gasteiger charge is -2.31. The summed E-state index contributed by atoms with van der Waals surface area (Å²) in [5.74, 6) is -0.213. The van der Waals surface area contributed by atoms with Gasteiger partial charge in [0.05, 0.1) is 18.3 Å². The number of halogens is 1. The van der Waals surface area contributed by atoms with Crippen LogP contribution in [0.3, 0.4) is 0 Å². The molecule has 1 atom stereocenters. The smallest absolute Gasteiger partial charge is 0.321 e. The highest BCUT2D eigenvalue weighted by Crippen LogP contribution is 2.21. The number of hydrogen-bond acceptors (Lipinski definition) is 4. The first-order chi connectivity index (χ1) is 10.6. The molecule has 0 bridgehead atoms. The maximum absolute atomic E-state index is 12.3. The van der Waals surface area contributed by atoms with Gasteiger partial charge in [0.15, 0.2) is 0 Å². The predicted octanol–water partition coefficient (Wildman–Crippen LogP) is 3.07. The normalized spacial score (nSPS) is 18.4. The molecule has 5 nitrogen and oxygen atoms in total. The molecule has 1 unspecified atom stereocenters. The van der Waals surface area contributed by atoms with Crippen molar-refractivity contribution in [1.29, 1.82) is 0 Å². The van der Waals surface area contributed by atoms with E-state index in [2.05, 4.69) is 26.6 Å². The molecule has 2 N–H and O–H groups in total. The maximum atomic E-state index is 12.3. The predicted molar refractivity (Wildman–Crippen MR) is 89.7 cm³/mol. The van der Waals surface area contributed by atoms with Crippen LogP contribution in [0, 0.1) is 0 Å². The highest BCUT2D eigenvalue weighted by Gasteiger charge is 2.32. The molecule has 0 radical (unpaired) electrons. The van der Waals surface area contributed by atoms with E-state index in [1.807, 2.05) is 17.5 Å². The number of carbonyl (C=O) groups excluding carboxylic acids is 2. The van der Waals surface area contributed by atoms with Crippen molar-refractivity contribution in [2.24, 2.45) is 0 Å². The van der Waals surface area contributed by atoms with E-state index in [1.54, 1.807) is 35.6 Å². The van der Waals surface area contributed by atoms with Gasteiger partial charge < -0.3 is 5.32 Å². The van der Waals surface area contributed by atoms with Gasteiger partial charge in [0.25, 0.3) is 0 Å². The van der Waals surface area contributed by atoms with Crippen molar-refractivity contribution < 1.29 is 9.59 Å². The average Bonchev–Trinajstić information content (AvgIpc) is 3.00. The van der Waals surface area contributed by atoms with Crippen molar-refractivity contribution in [3.63, 3.8) is 0 Å². The molecule has 2 heterocycles. The van der Waals surface area contributed by atoms with Gasteiger partial charge in [-0.25, -0.2) is 9.69 Å². The summed E-state index contributed by atoms with van der Waals surface area (Å²) in [6, 6.07) is 10.7. The fourth-order valence-electron chi connectivity index (χ4n) is 2.26. The summed E-state index contributed by atoms with van der Waals surface area (Å²) in [6.45, 7) is 0.633. The summed E-state index contributed by atoms with van der Waals surface area (Å²) < 4.78 is 0.900. The van der Waals surface area contributed by atoms with Crippen LogP contribution in [0.1, 0.15) is 11.3 Å². The third kappa shape index (κ3) is 3.37. The lowest BCUT2D eigenvalue weighted by atomic mass is 10.2. The number of thiophene rings is 1. The highest BCUT2D eigenvalue weighted by atomic mass is 79.9. The Morgan fingerprint density at radius 2 is 2.05 bits per heavy atom. The zero-order chi connectivity index (χ0) is 15.5. The lowest BCUT2D eigenvalue weighted by molar-refractivity contribution is -0.119. The molecular formula is C15H14BrN3O2S. The zero-order valence-electron chi connectivity index (χ0n) is 11.6. The second kappa shape index (κ2) is 6.60. The number of nitrogens with one attached hydrogen (secondary N) is 2. The molecule has 1 fully saturated rings. The summed E-state index contributed by atoms with van der Waals surface area (Å²) >= 11 is 4.97. The number of urea groups is 1. The quantitative estimate of drug-likeness (QED) is 0.857. The molecule has 3 amide bonds. The van der Waals surface area contributed by atoms with Crippen LogP contribution >= 0.6 is 27.3 Å². The fourth-order valence-corrected chi connectivity index (χ4v) is 3.18. The van der Waals surface area contributed by atoms with Crippen LogP contribution in [0.5, 0.6) is 0 Å². The summed E-state index contributed by atoms with van der Waals surface area (Å²) in [6.07, 6.45) is -0.110. The van der Waals surface area contributed by atoms with Gasteiger partial charge >= 0.3 is 6.03 Å². The Morgan fingerprint density at radius 3 is 2.68 bits per heavy atom. The SMILES string of the molecule is O=C1CC(NCc2cccs2)NC(=O)N1c1ccc(Br)cc1.